The molecule has 0 saturated carbocycles. The fraction of sp³-hybridized carbons (Fsp3) is 0.375. The summed E-state index contributed by atoms with van der Waals surface area (Å²) in [5.41, 5.74) is 2.05. The highest BCUT2D eigenvalue weighted by molar-refractivity contribution is 7.80. The molecule has 7 nitrogen and oxygen atoms in total. The maximum Gasteiger partial charge on any atom is 0.257 e. The molecule has 2 aromatic rings. The Morgan fingerprint density at radius 1 is 1.12 bits per heavy atom. The van der Waals surface area contributed by atoms with Crippen LogP contribution in [0.4, 0.5) is 11.4 Å². The van der Waals surface area contributed by atoms with E-state index in [1.54, 1.807) is 30.3 Å². The van der Waals surface area contributed by atoms with Crippen molar-refractivity contribution in [1.29, 1.82) is 0 Å². The summed E-state index contributed by atoms with van der Waals surface area (Å²) in [5, 5.41) is 6.53. The topological polar surface area (TPSA) is 73.9 Å². The quantitative estimate of drug-likeness (QED) is 0.590. The van der Waals surface area contributed by atoms with Gasteiger partial charge in [0.05, 0.1) is 17.5 Å². The third-order valence-corrected chi connectivity index (χ3v) is 5.62. The molecule has 9 heteroatoms. The summed E-state index contributed by atoms with van der Waals surface area (Å²) in [4.78, 5) is 28.7. The van der Waals surface area contributed by atoms with Crippen molar-refractivity contribution < 1.29 is 14.3 Å². The molecule has 0 aliphatic carbocycles. The monoisotopic (exact) mass is 488 g/mol. The number of hydrogen-bond donors (Lipinski definition) is 2. The Labute approximate surface area is 205 Å². The summed E-state index contributed by atoms with van der Waals surface area (Å²) in [7, 11) is 0. The molecule has 0 atom stereocenters. The van der Waals surface area contributed by atoms with Crippen molar-refractivity contribution in [3.05, 3.63) is 53.1 Å². The van der Waals surface area contributed by atoms with Gasteiger partial charge in [-0.3, -0.25) is 14.9 Å². The van der Waals surface area contributed by atoms with Gasteiger partial charge < -0.3 is 19.9 Å². The van der Waals surface area contributed by atoms with Crippen LogP contribution in [0, 0.1) is 0 Å². The molecular formula is C24H29ClN4O3S. The van der Waals surface area contributed by atoms with E-state index in [1.807, 2.05) is 37.8 Å². The zero-order chi connectivity index (χ0) is 24.0. The van der Waals surface area contributed by atoms with E-state index in [0.29, 0.717) is 54.6 Å². The van der Waals surface area contributed by atoms with Crippen LogP contribution in [0.25, 0.3) is 0 Å². The maximum absolute atomic E-state index is 12.7. The first-order valence-electron chi connectivity index (χ1n) is 11.0. The van der Waals surface area contributed by atoms with Gasteiger partial charge in [0, 0.05) is 43.2 Å². The molecule has 3 rings (SSSR count). The number of hydrogen-bond acceptors (Lipinski definition) is 5. The molecule has 1 aliphatic heterocycles. The van der Waals surface area contributed by atoms with Gasteiger partial charge in [0.25, 0.3) is 5.91 Å². The minimum absolute atomic E-state index is 0.00858. The molecule has 1 saturated heterocycles. The van der Waals surface area contributed by atoms with Crippen molar-refractivity contribution in [3.8, 4) is 5.75 Å². The summed E-state index contributed by atoms with van der Waals surface area (Å²) in [6.07, 6.45) is 0.517. The van der Waals surface area contributed by atoms with Gasteiger partial charge in [-0.15, -0.1) is 0 Å². The Morgan fingerprint density at radius 2 is 1.85 bits per heavy atom. The molecule has 0 aromatic heterocycles. The Kier molecular flexibility index (Phi) is 8.52. The highest BCUT2D eigenvalue weighted by atomic mass is 35.5. The van der Waals surface area contributed by atoms with E-state index in [0.717, 1.165) is 5.69 Å². The van der Waals surface area contributed by atoms with Gasteiger partial charge in [0.1, 0.15) is 5.75 Å². The molecular weight excluding hydrogens is 460 g/mol. The summed E-state index contributed by atoms with van der Waals surface area (Å²) in [6, 6.07) is 12.5. The van der Waals surface area contributed by atoms with E-state index in [1.165, 1.54) is 0 Å². The molecule has 1 fully saturated rings. The molecule has 2 N–H and O–H groups in total. The first kappa shape index (κ1) is 24.8. The number of benzene rings is 2. The average molecular weight is 489 g/mol. The normalized spacial score (nSPS) is 13.6. The number of halogens is 1. The lowest BCUT2D eigenvalue weighted by molar-refractivity contribution is -0.131. The Morgan fingerprint density at radius 3 is 2.52 bits per heavy atom. The predicted octanol–water partition coefficient (Wildman–Crippen LogP) is 4.31. The minimum Gasteiger partial charge on any atom is -0.491 e. The van der Waals surface area contributed by atoms with Crippen LogP contribution in [0.2, 0.25) is 5.02 Å². The molecule has 0 unspecified atom stereocenters. The van der Waals surface area contributed by atoms with Gasteiger partial charge in [-0.25, -0.2) is 0 Å². The number of anilines is 2. The second-order valence-corrected chi connectivity index (χ2v) is 8.83. The van der Waals surface area contributed by atoms with Gasteiger partial charge in [-0.2, -0.15) is 0 Å². The van der Waals surface area contributed by atoms with E-state index in [4.69, 9.17) is 28.6 Å². The van der Waals surface area contributed by atoms with Crippen molar-refractivity contribution in [2.24, 2.45) is 0 Å². The van der Waals surface area contributed by atoms with Crippen LogP contribution in [0.3, 0.4) is 0 Å². The number of nitrogens with one attached hydrogen (secondary N) is 2. The van der Waals surface area contributed by atoms with Gasteiger partial charge >= 0.3 is 0 Å². The molecule has 0 radical (unpaired) electrons. The van der Waals surface area contributed by atoms with Crippen molar-refractivity contribution in [2.45, 2.75) is 33.3 Å². The molecule has 2 amide bonds. The number of thiocarbonyl (C=S) groups is 1. The van der Waals surface area contributed by atoms with Crippen LogP contribution in [0.15, 0.2) is 42.5 Å². The lowest BCUT2D eigenvalue weighted by atomic mass is 10.2. The maximum atomic E-state index is 12.7. The molecule has 2 aromatic carbocycles. The first-order chi connectivity index (χ1) is 15.8. The summed E-state index contributed by atoms with van der Waals surface area (Å²) < 4.78 is 5.66. The average Bonchev–Trinajstić information content (AvgIpc) is 2.78. The van der Waals surface area contributed by atoms with Gasteiger partial charge in [0.2, 0.25) is 5.91 Å². The zero-order valence-electron chi connectivity index (χ0n) is 19.1. The molecule has 33 heavy (non-hydrogen) atoms. The lowest BCUT2D eigenvalue weighted by Gasteiger charge is -2.37. The fourth-order valence-electron chi connectivity index (χ4n) is 3.62. The molecule has 1 heterocycles. The molecule has 176 valence electrons. The van der Waals surface area contributed by atoms with Crippen molar-refractivity contribution in [3.63, 3.8) is 0 Å². The lowest BCUT2D eigenvalue weighted by Crippen LogP contribution is -2.48. The number of carbonyl (C=O) groups excluding carboxylic acids is 2. The Balaban J connectivity index is 1.67. The highest BCUT2D eigenvalue weighted by Gasteiger charge is 2.22. The van der Waals surface area contributed by atoms with E-state index in [-0.39, 0.29) is 23.0 Å². The van der Waals surface area contributed by atoms with Crippen LogP contribution in [0.1, 0.15) is 37.6 Å². The Bertz CT molecular complexity index is 1020. The minimum atomic E-state index is -0.336. The van der Waals surface area contributed by atoms with Crippen molar-refractivity contribution in [2.75, 3.05) is 36.4 Å². The molecule has 1 aliphatic rings. The van der Waals surface area contributed by atoms with Crippen LogP contribution in [-0.2, 0) is 4.79 Å². The highest BCUT2D eigenvalue weighted by Crippen LogP contribution is 2.30. The van der Waals surface area contributed by atoms with Gasteiger partial charge in [-0.1, -0.05) is 24.6 Å². The summed E-state index contributed by atoms with van der Waals surface area (Å²) in [5.74, 6) is 0.446. The van der Waals surface area contributed by atoms with E-state index >= 15 is 0 Å². The van der Waals surface area contributed by atoms with Crippen LogP contribution in [-0.4, -0.2) is 54.1 Å². The third kappa shape index (κ3) is 6.82. The number of nitrogens with zero attached hydrogens (tertiary/aromatic N) is 2. The van der Waals surface area contributed by atoms with Crippen LogP contribution in [0.5, 0.6) is 5.75 Å². The number of carbonyl (C=O) groups is 2. The molecule has 0 bridgehead atoms. The van der Waals surface area contributed by atoms with Crippen LogP contribution < -0.4 is 20.3 Å². The SMILES string of the molecule is CCC(=O)N1CCN(c2ccc(Cl)cc2NC(=S)NC(=O)c2cccc(OC(C)C)c2)CC1. The van der Waals surface area contributed by atoms with Crippen molar-refractivity contribution in [1.82, 2.24) is 10.2 Å². The third-order valence-electron chi connectivity index (χ3n) is 5.18. The van der Waals surface area contributed by atoms with Gasteiger partial charge in [0.15, 0.2) is 5.11 Å². The summed E-state index contributed by atoms with van der Waals surface area (Å²) in [6.45, 7) is 8.44. The zero-order valence-corrected chi connectivity index (χ0v) is 20.6. The van der Waals surface area contributed by atoms with Gasteiger partial charge in [-0.05, 0) is 62.5 Å². The standard InChI is InChI=1S/C24H29ClN4O3S/c1-4-22(30)29-12-10-28(11-13-29)21-9-8-18(25)15-20(21)26-24(33)27-23(31)17-6-5-7-19(14-17)32-16(2)3/h5-9,14-16H,4,10-13H2,1-3H3,(H2,26,27,31,33). The van der Waals surface area contributed by atoms with E-state index in [2.05, 4.69) is 15.5 Å². The number of piperazine rings is 1. The van der Waals surface area contributed by atoms with Crippen molar-refractivity contribution >= 4 is 52.1 Å². The number of rotatable bonds is 6. The largest absolute Gasteiger partial charge is 0.491 e. The van der Waals surface area contributed by atoms with E-state index < -0.39 is 0 Å². The fourth-order valence-corrected chi connectivity index (χ4v) is 3.99. The second-order valence-electron chi connectivity index (χ2n) is 7.99. The second kappa shape index (κ2) is 11.3. The first-order valence-corrected chi connectivity index (χ1v) is 11.8. The summed E-state index contributed by atoms with van der Waals surface area (Å²) >= 11 is 11.6. The Hall–Kier alpha value is -2.84. The number of amides is 2. The predicted molar refractivity (Wildman–Crippen MR) is 136 cm³/mol. The smallest absolute Gasteiger partial charge is 0.257 e. The molecule has 0 spiro atoms. The van der Waals surface area contributed by atoms with Crippen LogP contribution >= 0.6 is 23.8 Å². The van der Waals surface area contributed by atoms with E-state index in [9.17, 15) is 9.59 Å². The number of ether oxygens (including phenoxy) is 1.